The summed E-state index contributed by atoms with van der Waals surface area (Å²) in [6.07, 6.45) is 2.65. The molecule has 2 fully saturated rings. The van der Waals surface area contributed by atoms with Crippen LogP contribution in [0.1, 0.15) is 30.0 Å². The van der Waals surface area contributed by atoms with Gasteiger partial charge in [-0.3, -0.25) is 9.80 Å². The molecule has 0 amide bonds. The molecule has 0 bridgehead atoms. The maximum Gasteiger partial charge on any atom is 0.0348 e. The van der Waals surface area contributed by atoms with Gasteiger partial charge in [0, 0.05) is 38.8 Å². The third kappa shape index (κ3) is 3.05. The van der Waals surface area contributed by atoms with Crippen LogP contribution in [-0.2, 0) is 6.54 Å². The van der Waals surface area contributed by atoms with Gasteiger partial charge in [-0.15, -0.1) is 0 Å². The second-order valence-corrected chi connectivity index (χ2v) is 6.42. The van der Waals surface area contributed by atoms with Gasteiger partial charge in [0.05, 0.1) is 0 Å². The van der Waals surface area contributed by atoms with Crippen LogP contribution in [0.2, 0.25) is 0 Å². The molecule has 2 heterocycles. The van der Waals surface area contributed by atoms with Crippen molar-refractivity contribution in [3.05, 3.63) is 35.4 Å². The summed E-state index contributed by atoms with van der Waals surface area (Å²) in [4.78, 5) is 7.55. The number of piperazine rings is 1. The van der Waals surface area contributed by atoms with E-state index in [1.165, 1.54) is 51.1 Å². The topological polar surface area (TPSA) is 9.72 Å². The van der Waals surface area contributed by atoms with E-state index >= 15 is 0 Å². The van der Waals surface area contributed by atoms with Crippen LogP contribution in [0.5, 0.6) is 0 Å². The molecule has 0 aliphatic carbocycles. The Hall–Kier alpha value is -0.900. The monoisotopic (exact) mass is 273 g/mol. The molecule has 3 heteroatoms. The summed E-state index contributed by atoms with van der Waals surface area (Å²) in [7, 11) is 4.49. The highest BCUT2D eigenvalue weighted by molar-refractivity contribution is 5.30. The Morgan fingerprint density at radius 3 is 2.45 bits per heavy atom. The van der Waals surface area contributed by atoms with Crippen molar-refractivity contribution in [3.8, 4) is 0 Å². The molecule has 3 nitrogen and oxygen atoms in total. The van der Waals surface area contributed by atoms with Gasteiger partial charge in [0.25, 0.3) is 0 Å². The molecule has 1 unspecified atom stereocenters. The van der Waals surface area contributed by atoms with E-state index in [4.69, 9.17) is 0 Å². The van der Waals surface area contributed by atoms with Gasteiger partial charge in [-0.2, -0.15) is 0 Å². The van der Waals surface area contributed by atoms with Crippen molar-refractivity contribution in [2.45, 2.75) is 25.4 Å². The van der Waals surface area contributed by atoms with Crippen molar-refractivity contribution in [3.63, 3.8) is 0 Å². The minimum absolute atomic E-state index is 0.638. The lowest BCUT2D eigenvalue weighted by Gasteiger charge is -2.33. The Morgan fingerprint density at radius 2 is 1.75 bits per heavy atom. The highest BCUT2D eigenvalue weighted by Gasteiger charge is 2.25. The molecule has 20 heavy (non-hydrogen) atoms. The Morgan fingerprint density at radius 1 is 1.00 bits per heavy atom. The van der Waals surface area contributed by atoms with Crippen LogP contribution < -0.4 is 0 Å². The Bertz CT molecular complexity index is 438. The summed E-state index contributed by atoms with van der Waals surface area (Å²) in [5.41, 5.74) is 3.10. The van der Waals surface area contributed by atoms with Crippen molar-refractivity contribution < 1.29 is 0 Å². The van der Waals surface area contributed by atoms with Crippen LogP contribution in [0.15, 0.2) is 24.3 Å². The summed E-state index contributed by atoms with van der Waals surface area (Å²) in [5, 5.41) is 0. The molecule has 0 saturated carbocycles. The predicted molar refractivity (Wildman–Crippen MR) is 83.8 cm³/mol. The molecule has 1 aromatic rings. The number of hydrogen-bond acceptors (Lipinski definition) is 3. The molecule has 0 radical (unpaired) electrons. The van der Waals surface area contributed by atoms with Crippen LogP contribution in [0.4, 0.5) is 0 Å². The maximum atomic E-state index is 2.60. The number of hydrogen-bond donors (Lipinski definition) is 0. The van der Waals surface area contributed by atoms with E-state index < -0.39 is 0 Å². The zero-order valence-electron chi connectivity index (χ0n) is 12.9. The molecule has 1 aromatic carbocycles. The summed E-state index contributed by atoms with van der Waals surface area (Å²) in [6.45, 7) is 7.16. The number of likely N-dealkylation sites (tertiary alicyclic amines) is 1. The second-order valence-electron chi connectivity index (χ2n) is 6.42. The standard InChI is InChI=1S/C17H27N3/c1-18-10-12-20(13-11-18)14-15-6-3-4-7-16(15)17-8-5-9-19(17)2/h3-4,6-7,17H,5,8-14H2,1-2H3. The van der Waals surface area contributed by atoms with Gasteiger partial charge in [0.2, 0.25) is 0 Å². The van der Waals surface area contributed by atoms with Crippen molar-refractivity contribution >= 4 is 0 Å². The van der Waals surface area contributed by atoms with E-state index in [2.05, 4.69) is 53.1 Å². The van der Waals surface area contributed by atoms with Crippen LogP contribution in [0.3, 0.4) is 0 Å². The molecule has 110 valence electrons. The van der Waals surface area contributed by atoms with Crippen LogP contribution in [-0.4, -0.2) is 61.5 Å². The minimum atomic E-state index is 0.638. The number of rotatable bonds is 3. The highest BCUT2D eigenvalue weighted by atomic mass is 15.2. The maximum absolute atomic E-state index is 2.60. The van der Waals surface area contributed by atoms with Crippen LogP contribution in [0, 0.1) is 0 Å². The normalized spacial score (nSPS) is 26.2. The van der Waals surface area contributed by atoms with E-state index in [-0.39, 0.29) is 0 Å². The molecule has 0 spiro atoms. The Balaban J connectivity index is 1.73. The molecular weight excluding hydrogens is 246 g/mol. The average molecular weight is 273 g/mol. The van der Waals surface area contributed by atoms with Gasteiger partial charge >= 0.3 is 0 Å². The van der Waals surface area contributed by atoms with Crippen molar-refractivity contribution in [2.75, 3.05) is 46.8 Å². The largest absolute Gasteiger partial charge is 0.304 e. The third-order valence-electron chi connectivity index (χ3n) is 4.92. The molecular formula is C17H27N3. The smallest absolute Gasteiger partial charge is 0.0348 e. The lowest BCUT2D eigenvalue weighted by molar-refractivity contribution is 0.147. The zero-order valence-corrected chi connectivity index (χ0v) is 12.9. The van der Waals surface area contributed by atoms with E-state index in [0.717, 1.165) is 6.54 Å². The summed E-state index contributed by atoms with van der Waals surface area (Å²) >= 11 is 0. The first-order valence-corrected chi connectivity index (χ1v) is 7.93. The van der Waals surface area contributed by atoms with Gasteiger partial charge in [0.15, 0.2) is 0 Å². The second kappa shape index (κ2) is 6.25. The van der Waals surface area contributed by atoms with Gasteiger partial charge in [-0.05, 0) is 44.6 Å². The molecule has 2 aliphatic heterocycles. The van der Waals surface area contributed by atoms with Gasteiger partial charge in [0.1, 0.15) is 0 Å². The van der Waals surface area contributed by atoms with Crippen LogP contribution in [0.25, 0.3) is 0 Å². The number of likely N-dealkylation sites (N-methyl/N-ethyl adjacent to an activating group) is 1. The van der Waals surface area contributed by atoms with Crippen LogP contribution >= 0.6 is 0 Å². The first-order chi connectivity index (χ1) is 9.74. The summed E-state index contributed by atoms with van der Waals surface area (Å²) < 4.78 is 0. The lowest BCUT2D eigenvalue weighted by Crippen LogP contribution is -2.44. The van der Waals surface area contributed by atoms with Gasteiger partial charge in [-0.1, -0.05) is 24.3 Å². The number of benzene rings is 1. The minimum Gasteiger partial charge on any atom is -0.304 e. The van der Waals surface area contributed by atoms with E-state index in [1.54, 1.807) is 5.56 Å². The SMILES string of the molecule is CN1CCN(Cc2ccccc2C2CCCN2C)CC1. The first-order valence-electron chi connectivity index (χ1n) is 7.93. The van der Waals surface area contributed by atoms with E-state index in [1.807, 2.05) is 0 Å². The van der Waals surface area contributed by atoms with Crippen molar-refractivity contribution in [1.82, 2.24) is 14.7 Å². The first kappa shape index (κ1) is 14.1. The Labute approximate surface area is 123 Å². The van der Waals surface area contributed by atoms with E-state index in [0.29, 0.717) is 6.04 Å². The quantitative estimate of drug-likeness (QED) is 0.836. The molecule has 0 N–H and O–H groups in total. The fraction of sp³-hybridized carbons (Fsp3) is 0.647. The van der Waals surface area contributed by atoms with Gasteiger partial charge < -0.3 is 4.90 Å². The number of nitrogens with zero attached hydrogens (tertiary/aromatic N) is 3. The Kier molecular flexibility index (Phi) is 4.39. The molecule has 1 atom stereocenters. The van der Waals surface area contributed by atoms with Crippen molar-refractivity contribution in [1.29, 1.82) is 0 Å². The van der Waals surface area contributed by atoms with Crippen molar-refractivity contribution in [2.24, 2.45) is 0 Å². The predicted octanol–water partition coefficient (Wildman–Crippen LogP) is 2.20. The molecule has 3 rings (SSSR count). The third-order valence-corrected chi connectivity index (χ3v) is 4.92. The molecule has 2 aliphatic rings. The average Bonchev–Trinajstić information content (AvgIpc) is 2.88. The summed E-state index contributed by atoms with van der Waals surface area (Å²) in [6, 6.07) is 9.72. The zero-order chi connectivity index (χ0) is 13.9. The highest BCUT2D eigenvalue weighted by Crippen LogP contribution is 2.32. The lowest BCUT2D eigenvalue weighted by atomic mass is 9.98. The molecule has 0 aromatic heterocycles. The fourth-order valence-electron chi connectivity index (χ4n) is 3.55. The summed E-state index contributed by atoms with van der Waals surface area (Å²) in [5.74, 6) is 0. The van der Waals surface area contributed by atoms with E-state index in [9.17, 15) is 0 Å². The molecule has 2 saturated heterocycles. The van der Waals surface area contributed by atoms with Gasteiger partial charge in [-0.25, -0.2) is 0 Å². The fourth-order valence-corrected chi connectivity index (χ4v) is 3.55.